The van der Waals surface area contributed by atoms with Gasteiger partial charge in [-0.25, -0.2) is 4.98 Å². The van der Waals surface area contributed by atoms with Crippen molar-refractivity contribution < 1.29 is 9.26 Å². The average molecular weight is 244 g/mol. The molecule has 0 radical (unpaired) electrons. The van der Waals surface area contributed by atoms with Gasteiger partial charge in [-0.3, -0.25) is 0 Å². The van der Waals surface area contributed by atoms with Crippen molar-refractivity contribution >= 4 is 0 Å². The van der Waals surface area contributed by atoms with Gasteiger partial charge in [-0.1, -0.05) is 12.1 Å². The first-order valence-electron chi connectivity index (χ1n) is 5.51. The molecule has 0 saturated carbocycles. The molecule has 0 N–H and O–H groups in total. The van der Waals surface area contributed by atoms with Gasteiger partial charge in [0.05, 0.1) is 0 Å². The van der Waals surface area contributed by atoms with Crippen LogP contribution in [0.15, 0.2) is 22.9 Å². The second-order valence-electron chi connectivity index (χ2n) is 3.63. The number of aromatic nitrogens is 3. The standard InChI is InChI=1S/C12H12N4O2/c1-3-10(17-2)11-15-12(18-16-11)8-4-5-14-9(6-8)7-13/h4-6,10H,3H2,1-2H3. The van der Waals surface area contributed by atoms with Crippen LogP contribution in [-0.4, -0.2) is 22.2 Å². The molecule has 2 aromatic heterocycles. The molecule has 0 amide bonds. The molecule has 2 heterocycles. The van der Waals surface area contributed by atoms with E-state index in [2.05, 4.69) is 15.1 Å². The fraction of sp³-hybridized carbons (Fsp3) is 0.333. The summed E-state index contributed by atoms with van der Waals surface area (Å²) in [6, 6.07) is 5.28. The van der Waals surface area contributed by atoms with Crippen LogP contribution in [0.1, 0.15) is 31.0 Å². The van der Waals surface area contributed by atoms with E-state index in [1.165, 1.54) is 6.20 Å². The number of pyridine rings is 1. The van der Waals surface area contributed by atoms with Crippen LogP contribution in [0.25, 0.3) is 11.5 Å². The van der Waals surface area contributed by atoms with Gasteiger partial charge in [-0.2, -0.15) is 10.2 Å². The van der Waals surface area contributed by atoms with E-state index in [0.717, 1.165) is 6.42 Å². The van der Waals surface area contributed by atoms with Gasteiger partial charge in [0, 0.05) is 18.9 Å². The van der Waals surface area contributed by atoms with Gasteiger partial charge >= 0.3 is 0 Å². The third-order valence-electron chi connectivity index (χ3n) is 2.51. The molecule has 0 fully saturated rings. The average Bonchev–Trinajstić information content (AvgIpc) is 2.90. The summed E-state index contributed by atoms with van der Waals surface area (Å²) in [6.45, 7) is 1.98. The molecular formula is C12H12N4O2. The van der Waals surface area contributed by atoms with Crippen LogP contribution in [-0.2, 0) is 4.74 Å². The Morgan fingerprint density at radius 1 is 1.56 bits per heavy atom. The Labute approximate surface area is 104 Å². The highest BCUT2D eigenvalue weighted by atomic mass is 16.5. The lowest BCUT2D eigenvalue weighted by atomic mass is 10.2. The fourth-order valence-corrected chi connectivity index (χ4v) is 1.56. The minimum Gasteiger partial charge on any atom is -0.373 e. The van der Waals surface area contributed by atoms with E-state index < -0.39 is 0 Å². The van der Waals surface area contributed by atoms with E-state index in [4.69, 9.17) is 14.5 Å². The quantitative estimate of drug-likeness (QED) is 0.818. The predicted molar refractivity (Wildman–Crippen MR) is 62.3 cm³/mol. The molecule has 1 atom stereocenters. The molecule has 18 heavy (non-hydrogen) atoms. The maximum Gasteiger partial charge on any atom is 0.258 e. The third kappa shape index (κ3) is 2.36. The van der Waals surface area contributed by atoms with Crippen LogP contribution >= 0.6 is 0 Å². The zero-order chi connectivity index (χ0) is 13.0. The Balaban J connectivity index is 2.32. The van der Waals surface area contributed by atoms with Crippen molar-refractivity contribution in [3.63, 3.8) is 0 Å². The Morgan fingerprint density at radius 3 is 3.06 bits per heavy atom. The number of ether oxygens (including phenoxy) is 1. The monoisotopic (exact) mass is 244 g/mol. The smallest absolute Gasteiger partial charge is 0.258 e. The molecule has 0 spiro atoms. The molecule has 0 saturated heterocycles. The van der Waals surface area contributed by atoms with Crippen LogP contribution in [0, 0.1) is 11.3 Å². The third-order valence-corrected chi connectivity index (χ3v) is 2.51. The van der Waals surface area contributed by atoms with Crippen LogP contribution in [0.2, 0.25) is 0 Å². The summed E-state index contributed by atoms with van der Waals surface area (Å²) in [6.07, 6.45) is 2.11. The minimum atomic E-state index is -0.181. The van der Waals surface area contributed by atoms with E-state index in [0.29, 0.717) is 23.0 Å². The highest BCUT2D eigenvalue weighted by Crippen LogP contribution is 2.22. The lowest BCUT2D eigenvalue weighted by molar-refractivity contribution is 0.0903. The lowest BCUT2D eigenvalue weighted by Gasteiger charge is -2.05. The summed E-state index contributed by atoms with van der Waals surface area (Å²) < 4.78 is 10.4. The molecular weight excluding hydrogens is 232 g/mol. The maximum absolute atomic E-state index is 8.78. The number of hydrogen-bond donors (Lipinski definition) is 0. The van der Waals surface area contributed by atoms with Crippen molar-refractivity contribution in [1.82, 2.24) is 15.1 Å². The number of nitrogens with zero attached hydrogens (tertiary/aromatic N) is 4. The molecule has 2 aromatic rings. The molecule has 0 aliphatic carbocycles. The number of rotatable bonds is 4. The highest BCUT2D eigenvalue weighted by Gasteiger charge is 2.16. The molecule has 2 rings (SSSR count). The summed E-state index contributed by atoms with van der Waals surface area (Å²) >= 11 is 0. The number of hydrogen-bond acceptors (Lipinski definition) is 6. The van der Waals surface area contributed by atoms with E-state index in [1.807, 2.05) is 13.0 Å². The SMILES string of the molecule is CCC(OC)c1noc(-c2ccnc(C#N)c2)n1. The molecule has 0 aliphatic heterocycles. The second kappa shape index (κ2) is 5.38. The van der Waals surface area contributed by atoms with E-state index in [1.54, 1.807) is 19.2 Å². The van der Waals surface area contributed by atoms with Crippen molar-refractivity contribution in [2.75, 3.05) is 7.11 Å². The topological polar surface area (TPSA) is 84.8 Å². The first kappa shape index (κ1) is 12.2. The Kier molecular flexibility index (Phi) is 3.65. The van der Waals surface area contributed by atoms with Crippen LogP contribution in [0.4, 0.5) is 0 Å². The summed E-state index contributed by atoms with van der Waals surface area (Å²) in [7, 11) is 1.60. The Bertz CT molecular complexity index is 569. The van der Waals surface area contributed by atoms with E-state index >= 15 is 0 Å². The van der Waals surface area contributed by atoms with Gasteiger partial charge < -0.3 is 9.26 Å². The summed E-state index contributed by atoms with van der Waals surface area (Å²) in [5.74, 6) is 0.865. The van der Waals surface area contributed by atoms with Crippen molar-refractivity contribution in [1.29, 1.82) is 5.26 Å². The van der Waals surface area contributed by atoms with E-state index in [-0.39, 0.29) is 6.10 Å². The molecule has 0 aliphatic rings. The zero-order valence-corrected chi connectivity index (χ0v) is 10.1. The summed E-state index contributed by atoms with van der Waals surface area (Å²) in [5, 5.41) is 12.7. The molecule has 0 aromatic carbocycles. The predicted octanol–water partition coefficient (Wildman–Crippen LogP) is 2.10. The van der Waals surface area contributed by atoms with Crippen LogP contribution in [0.5, 0.6) is 0 Å². The largest absolute Gasteiger partial charge is 0.373 e. The van der Waals surface area contributed by atoms with Crippen molar-refractivity contribution in [3.8, 4) is 17.5 Å². The van der Waals surface area contributed by atoms with Crippen LogP contribution in [0.3, 0.4) is 0 Å². The lowest BCUT2D eigenvalue weighted by Crippen LogP contribution is -2.01. The van der Waals surface area contributed by atoms with Gasteiger partial charge in [-0.05, 0) is 18.6 Å². The molecule has 6 heteroatoms. The van der Waals surface area contributed by atoms with Crippen molar-refractivity contribution in [2.24, 2.45) is 0 Å². The van der Waals surface area contributed by atoms with Gasteiger partial charge in [0.25, 0.3) is 5.89 Å². The van der Waals surface area contributed by atoms with Crippen molar-refractivity contribution in [2.45, 2.75) is 19.4 Å². The molecule has 0 bridgehead atoms. The van der Waals surface area contributed by atoms with Crippen LogP contribution < -0.4 is 0 Å². The number of nitriles is 1. The normalized spacial score (nSPS) is 12.1. The molecule has 1 unspecified atom stereocenters. The first-order valence-corrected chi connectivity index (χ1v) is 5.51. The summed E-state index contributed by atoms with van der Waals surface area (Å²) in [5.41, 5.74) is 0.984. The highest BCUT2D eigenvalue weighted by molar-refractivity contribution is 5.54. The van der Waals surface area contributed by atoms with Gasteiger partial charge in [-0.15, -0.1) is 0 Å². The van der Waals surface area contributed by atoms with Gasteiger partial charge in [0.2, 0.25) is 5.82 Å². The Hall–Kier alpha value is -2.26. The minimum absolute atomic E-state index is 0.181. The second-order valence-corrected chi connectivity index (χ2v) is 3.63. The maximum atomic E-state index is 8.78. The van der Waals surface area contributed by atoms with Crippen molar-refractivity contribution in [3.05, 3.63) is 29.8 Å². The first-order chi connectivity index (χ1) is 8.78. The summed E-state index contributed by atoms with van der Waals surface area (Å²) in [4.78, 5) is 8.14. The van der Waals surface area contributed by atoms with Gasteiger partial charge in [0.15, 0.2) is 0 Å². The molecule has 6 nitrogen and oxygen atoms in total. The zero-order valence-electron chi connectivity index (χ0n) is 10.1. The molecule has 92 valence electrons. The fourth-order valence-electron chi connectivity index (χ4n) is 1.56. The Morgan fingerprint density at radius 2 is 2.39 bits per heavy atom. The number of methoxy groups -OCH3 is 1. The van der Waals surface area contributed by atoms with Gasteiger partial charge in [0.1, 0.15) is 17.9 Å². The van der Waals surface area contributed by atoms with E-state index in [9.17, 15) is 0 Å².